The van der Waals surface area contributed by atoms with Crippen LogP contribution in [0.5, 0.6) is 0 Å². The highest BCUT2D eigenvalue weighted by Crippen LogP contribution is 2.19. The third-order valence-electron chi connectivity index (χ3n) is 3.72. The molecule has 1 N–H and O–H groups in total. The third-order valence-corrected chi connectivity index (χ3v) is 3.72. The minimum absolute atomic E-state index is 0.586. The Kier molecular flexibility index (Phi) is 3.51. The first-order valence-electron chi connectivity index (χ1n) is 7.27. The van der Waals surface area contributed by atoms with Crippen molar-refractivity contribution in [1.29, 1.82) is 0 Å². The van der Waals surface area contributed by atoms with Gasteiger partial charge in [-0.15, -0.1) is 0 Å². The summed E-state index contributed by atoms with van der Waals surface area (Å²) in [5.74, 6) is 1.79. The van der Waals surface area contributed by atoms with E-state index < -0.39 is 0 Å². The molecule has 0 saturated carbocycles. The lowest BCUT2D eigenvalue weighted by molar-refractivity contribution is 0.495. The van der Waals surface area contributed by atoms with Crippen molar-refractivity contribution >= 4 is 11.2 Å². The Hall–Kier alpha value is -1.42. The first kappa shape index (κ1) is 12.6. The van der Waals surface area contributed by atoms with Crippen molar-refractivity contribution in [2.45, 2.75) is 45.7 Å². The molecule has 0 aromatic carbocycles. The number of imidazole rings is 1. The van der Waals surface area contributed by atoms with Gasteiger partial charge in [0.15, 0.2) is 5.65 Å². The van der Waals surface area contributed by atoms with Crippen LogP contribution in [0.1, 0.15) is 32.5 Å². The Labute approximate surface area is 114 Å². The van der Waals surface area contributed by atoms with Crippen LogP contribution in [0, 0.1) is 5.92 Å². The van der Waals surface area contributed by atoms with Crippen LogP contribution in [-0.4, -0.2) is 27.1 Å². The standard InChI is InChI=1S/C15H22N4/c1-11(2)10-19-14(9-12-5-3-7-16-12)18-13-6-4-8-17-15(13)19/h4,6,8,11-12,16H,3,5,7,9-10H2,1-2H3. The molecule has 2 aromatic heterocycles. The Bertz CT molecular complexity index is 552. The van der Waals surface area contributed by atoms with Crippen molar-refractivity contribution < 1.29 is 0 Å². The molecular weight excluding hydrogens is 236 g/mol. The van der Waals surface area contributed by atoms with Crippen molar-refractivity contribution in [3.63, 3.8) is 0 Å². The topological polar surface area (TPSA) is 42.7 Å². The molecule has 4 heteroatoms. The maximum Gasteiger partial charge on any atom is 0.159 e. The van der Waals surface area contributed by atoms with E-state index in [0.29, 0.717) is 12.0 Å². The highest BCUT2D eigenvalue weighted by Gasteiger charge is 2.19. The van der Waals surface area contributed by atoms with E-state index in [2.05, 4.69) is 34.8 Å². The number of pyridine rings is 1. The van der Waals surface area contributed by atoms with Gasteiger partial charge in [-0.05, 0) is 37.4 Å². The SMILES string of the molecule is CC(C)Cn1c(CC2CCCN2)nc2cccnc21. The van der Waals surface area contributed by atoms with Crippen LogP contribution in [0.25, 0.3) is 11.2 Å². The molecule has 1 fully saturated rings. The van der Waals surface area contributed by atoms with E-state index in [1.807, 2.05) is 12.3 Å². The van der Waals surface area contributed by atoms with E-state index in [1.165, 1.54) is 18.7 Å². The van der Waals surface area contributed by atoms with Crippen LogP contribution in [-0.2, 0) is 13.0 Å². The lowest BCUT2D eigenvalue weighted by atomic mass is 10.1. The fourth-order valence-corrected chi connectivity index (χ4v) is 2.87. The minimum Gasteiger partial charge on any atom is -0.314 e. The molecule has 0 bridgehead atoms. The first-order valence-corrected chi connectivity index (χ1v) is 7.27. The highest BCUT2D eigenvalue weighted by atomic mass is 15.1. The number of nitrogens with one attached hydrogen (secondary N) is 1. The average molecular weight is 258 g/mol. The van der Waals surface area contributed by atoms with Gasteiger partial charge in [0.1, 0.15) is 11.3 Å². The molecule has 102 valence electrons. The van der Waals surface area contributed by atoms with E-state index >= 15 is 0 Å². The third kappa shape index (κ3) is 2.63. The Balaban J connectivity index is 1.96. The zero-order valence-electron chi connectivity index (χ0n) is 11.8. The average Bonchev–Trinajstić information content (AvgIpc) is 2.99. The van der Waals surface area contributed by atoms with Gasteiger partial charge < -0.3 is 9.88 Å². The number of hydrogen-bond acceptors (Lipinski definition) is 3. The lowest BCUT2D eigenvalue weighted by Crippen LogP contribution is -2.25. The second kappa shape index (κ2) is 5.29. The lowest BCUT2D eigenvalue weighted by Gasteiger charge is -2.14. The summed E-state index contributed by atoms with van der Waals surface area (Å²) in [5, 5.41) is 3.56. The first-order chi connectivity index (χ1) is 9.24. The van der Waals surface area contributed by atoms with E-state index in [0.717, 1.165) is 30.7 Å². The van der Waals surface area contributed by atoms with Crippen LogP contribution in [0.4, 0.5) is 0 Å². The smallest absolute Gasteiger partial charge is 0.159 e. The summed E-state index contributed by atoms with van der Waals surface area (Å²) < 4.78 is 2.31. The van der Waals surface area contributed by atoms with Crippen LogP contribution < -0.4 is 5.32 Å². The summed E-state index contributed by atoms with van der Waals surface area (Å²) in [6, 6.07) is 4.61. The molecule has 0 aliphatic carbocycles. The van der Waals surface area contributed by atoms with Gasteiger partial charge in [0.2, 0.25) is 0 Å². The van der Waals surface area contributed by atoms with Crippen LogP contribution in [0.3, 0.4) is 0 Å². The molecule has 1 atom stereocenters. The van der Waals surface area contributed by atoms with Crippen molar-refractivity contribution in [2.75, 3.05) is 6.54 Å². The number of aromatic nitrogens is 3. The fraction of sp³-hybridized carbons (Fsp3) is 0.600. The van der Waals surface area contributed by atoms with Gasteiger partial charge in [0, 0.05) is 25.2 Å². The van der Waals surface area contributed by atoms with Crippen LogP contribution in [0.15, 0.2) is 18.3 Å². The maximum atomic E-state index is 4.79. The minimum atomic E-state index is 0.586. The molecule has 3 rings (SSSR count). The predicted molar refractivity (Wildman–Crippen MR) is 77.1 cm³/mol. The quantitative estimate of drug-likeness (QED) is 0.915. The number of fused-ring (bicyclic) bond motifs is 1. The summed E-state index contributed by atoms with van der Waals surface area (Å²) in [6.45, 7) is 6.63. The van der Waals surface area contributed by atoms with E-state index in [1.54, 1.807) is 0 Å². The molecular formula is C15H22N4. The van der Waals surface area contributed by atoms with Crippen molar-refractivity contribution in [2.24, 2.45) is 5.92 Å². The summed E-state index contributed by atoms with van der Waals surface area (Å²) in [5.41, 5.74) is 2.06. The maximum absolute atomic E-state index is 4.79. The zero-order valence-corrected chi connectivity index (χ0v) is 11.8. The molecule has 0 radical (unpaired) electrons. The van der Waals surface area contributed by atoms with Crippen molar-refractivity contribution in [1.82, 2.24) is 19.9 Å². The Morgan fingerprint density at radius 2 is 2.37 bits per heavy atom. The van der Waals surface area contributed by atoms with Gasteiger partial charge >= 0.3 is 0 Å². The molecule has 0 spiro atoms. The predicted octanol–water partition coefficient (Wildman–Crippen LogP) is 2.38. The normalized spacial score (nSPS) is 19.6. The number of nitrogens with zero attached hydrogens (tertiary/aromatic N) is 3. The molecule has 19 heavy (non-hydrogen) atoms. The summed E-state index contributed by atoms with van der Waals surface area (Å²) in [4.78, 5) is 9.30. The Morgan fingerprint density at radius 3 is 3.11 bits per heavy atom. The molecule has 1 aliphatic heterocycles. The molecule has 4 nitrogen and oxygen atoms in total. The van der Waals surface area contributed by atoms with E-state index in [9.17, 15) is 0 Å². The second-order valence-corrected chi connectivity index (χ2v) is 5.88. The monoisotopic (exact) mass is 258 g/mol. The van der Waals surface area contributed by atoms with Gasteiger partial charge in [-0.1, -0.05) is 13.8 Å². The van der Waals surface area contributed by atoms with E-state index in [-0.39, 0.29) is 0 Å². The molecule has 2 aromatic rings. The Morgan fingerprint density at radius 1 is 1.47 bits per heavy atom. The van der Waals surface area contributed by atoms with Crippen molar-refractivity contribution in [3.8, 4) is 0 Å². The zero-order chi connectivity index (χ0) is 13.2. The molecule has 0 amide bonds. The van der Waals surface area contributed by atoms with E-state index in [4.69, 9.17) is 4.98 Å². The molecule has 1 unspecified atom stereocenters. The fourth-order valence-electron chi connectivity index (χ4n) is 2.87. The second-order valence-electron chi connectivity index (χ2n) is 5.88. The molecule has 1 aliphatic rings. The van der Waals surface area contributed by atoms with Gasteiger partial charge in [-0.3, -0.25) is 0 Å². The van der Waals surface area contributed by atoms with Crippen LogP contribution in [0.2, 0.25) is 0 Å². The van der Waals surface area contributed by atoms with Gasteiger partial charge in [-0.2, -0.15) is 0 Å². The van der Waals surface area contributed by atoms with Gasteiger partial charge in [-0.25, -0.2) is 9.97 Å². The highest BCUT2D eigenvalue weighted by molar-refractivity contribution is 5.71. The van der Waals surface area contributed by atoms with Gasteiger partial charge in [0.25, 0.3) is 0 Å². The number of hydrogen-bond donors (Lipinski definition) is 1. The summed E-state index contributed by atoms with van der Waals surface area (Å²) >= 11 is 0. The van der Waals surface area contributed by atoms with Gasteiger partial charge in [0.05, 0.1) is 0 Å². The molecule has 3 heterocycles. The molecule has 1 saturated heterocycles. The number of rotatable bonds is 4. The largest absolute Gasteiger partial charge is 0.314 e. The van der Waals surface area contributed by atoms with Crippen molar-refractivity contribution in [3.05, 3.63) is 24.2 Å². The summed E-state index contributed by atoms with van der Waals surface area (Å²) in [7, 11) is 0. The summed E-state index contributed by atoms with van der Waals surface area (Å²) in [6.07, 6.45) is 5.42. The van der Waals surface area contributed by atoms with Crippen LogP contribution >= 0.6 is 0 Å².